The van der Waals surface area contributed by atoms with E-state index < -0.39 is 42.4 Å². The SMILES string of the molecule is C=C(C)C(F)(F)COc1ccc(C(C)NC(=O)c2cc(C)nc(Nc3nc(C(F)(F)F)co3)n2)cn1. The van der Waals surface area contributed by atoms with Crippen molar-refractivity contribution < 1.29 is 35.9 Å². The zero-order valence-electron chi connectivity index (χ0n) is 19.3. The Balaban J connectivity index is 1.65. The number of hydrogen-bond acceptors (Lipinski definition) is 8. The summed E-state index contributed by atoms with van der Waals surface area (Å²) in [6, 6.07) is 3.24. The Hall–Kier alpha value is -4.10. The van der Waals surface area contributed by atoms with Crippen molar-refractivity contribution in [2.24, 2.45) is 0 Å². The van der Waals surface area contributed by atoms with E-state index >= 15 is 0 Å². The van der Waals surface area contributed by atoms with Gasteiger partial charge in [0.2, 0.25) is 11.8 Å². The van der Waals surface area contributed by atoms with E-state index in [9.17, 15) is 26.7 Å². The summed E-state index contributed by atoms with van der Waals surface area (Å²) in [6.07, 6.45) is -2.89. The second kappa shape index (κ2) is 10.3. The van der Waals surface area contributed by atoms with Crippen LogP contribution < -0.4 is 15.4 Å². The lowest BCUT2D eigenvalue weighted by Gasteiger charge is -2.17. The molecule has 0 spiro atoms. The molecule has 0 aliphatic carbocycles. The highest BCUT2D eigenvalue weighted by atomic mass is 19.4. The number of anilines is 2. The highest BCUT2D eigenvalue weighted by Crippen LogP contribution is 2.30. The van der Waals surface area contributed by atoms with Crippen LogP contribution in [-0.4, -0.2) is 38.4 Å². The number of pyridine rings is 1. The third-order valence-electron chi connectivity index (χ3n) is 4.73. The Morgan fingerprint density at radius 2 is 1.92 bits per heavy atom. The molecule has 1 unspecified atom stereocenters. The summed E-state index contributed by atoms with van der Waals surface area (Å²) in [5.41, 5.74) is -0.748. The average molecular weight is 512 g/mol. The molecular formula is C22H21F5N6O3. The van der Waals surface area contributed by atoms with Crippen LogP contribution in [0.4, 0.5) is 33.9 Å². The van der Waals surface area contributed by atoms with Crippen LogP contribution in [0.5, 0.6) is 5.88 Å². The number of aryl methyl sites for hydroxylation is 1. The van der Waals surface area contributed by atoms with Crippen molar-refractivity contribution in [1.29, 1.82) is 0 Å². The van der Waals surface area contributed by atoms with Crippen LogP contribution in [0.1, 0.15) is 47.3 Å². The van der Waals surface area contributed by atoms with E-state index in [1.54, 1.807) is 19.9 Å². The second-order valence-corrected chi connectivity index (χ2v) is 7.78. The van der Waals surface area contributed by atoms with Gasteiger partial charge in [-0.15, -0.1) is 0 Å². The van der Waals surface area contributed by atoms with Crippen LogP contribution in [0.2, 0.25) is 0 Å². The number of rotatable bonds is 9. The molecule has 14 heteroatoms. The number of nitrogens with one attached hydrogen (secondary N) is 2. The second-order valence-electron chi connectivity index (χ2n) is 7.78. The molecule has 0 saturated carbocycles. The molecule has 0 bridgehead atoms. The zero-order valence-corrected chi connectivity index (χ0v) is 19.3. The molecule has 36 heavy (non-hydrogen) atoms. The van der Waals surface area contributed by atoms with Crippen molar-refractivity contribution in [3.8, 4) is 5.88 Å². The van der Waals surface area contributed by atoms with Crippen molar-refractivity contribution in [2.45, 2.75) is 38.9 Å². The van der Waals surface area contributed by atoms with Crippen LogP contribution in [-0.2, 0) is 6.18 Å². The molecule has 9 nitrogen and oxygen atoms in total. The molecule has 0 aliphatic rings. The van der Waals surface area contributed by atoms with E-state index in [0.29, 0.717) is 17.5 Å². The molecule has 1 amide bonds. The largest absolute Gasteiger partial charge is 0.471 e. The fourth-order valence-electron chi connectivity index (χ4n) is 2.67. The number of ether oxygens (including phenoxy) is 1. The lowest BCUT2D eigenvalue weighted by atomic mass is 10.1. The maximum atomic E-state index is 13.6. The first-order chi connectivity index (χ1) is 16.7. The quantitative estimate of drug-likeness (QED) is 0.304. The van der Waals surface area contributed by atoms with Crippen LogP contribution in [0.25, 0.3) is 0 Å². The lowest BCUT2D eigenvalue weighted by molar-refractivity contribution is -0.141. The molecule has 0 radical (unpaired) electrons. The van der Waals surface area contributed by atoms with Gasteiger partial charge in [-0.2, -0.15) is 26.9 Å². The van der Waals surface area contributed by atoms with Crippen molar-refractivity contribution in [3.63, 3.8) is 0 Å². The Morgan fingerprint density at radius 3 is 2.50 bits per heavy atom. The van der Waals surface area contributed by atoms with Gasteiger partial charge in [-0.3, -0.25) is 10.1 Å². The molecule has 3 heterocycles. The molecule has 0 fully saturated rings. The Labute approximate surface area is 201 Å². The van der Waals surface area contributed by atoms with Crippen LogP contribution >= 0.6 is 0 Å². The van der Waals surface area contributed by atoms with Gasteiger partial charge in [0.05, 0.1) is 6.04 Å². The minimum atomic E-state index is -4.69. The van der Waals surface area contributed by atoms with E-state index in [1.807, 2.05) is 0 Å². The number of hydrogen-bond donors (Lipinski definition) is 2. The van der Waals surface area contributed by atoms with Crippen LogP contribution in [0.15, 0.2) is 47.2 Å². The van der Waals surface area contributed by atoms with Gasteiger partial charge in [0.15, 0.2) is 12.3 Å². The smallest absolute Gasteiger partial charge is 0.436 e. The molecule has 192 valence electrons. The molecule has 3 aromatic heterocycles. The van der Waals surface area contributed by atoms with Gasteiger partial charge >= 0.3 is 18.1 Å². The van der Waals surface area contributed by atoms with Crippen LogP contribution in [0.3, 0.4) is 0 Å². The summed E-state index contributed by atoms with van der Waals surface area (Å²) in [7, 11) is 0. The maximum absolute atomic E-state index is 13.6. The third-order valence-corrected chi connectivity index (χ3v) is 4.73. The van der Waals surface area contributed by atoms with Crippen LogP contribution in [0, 0.1) is 6.92 Å². The average Bonchev–Trinajstić information content (AvgIpc) is 3.26. The van der Waals surface area contributed by atoms with Crippen molar-refractivity contribution in [1.82, 2.24) is 25.3 Å². The van der Waals surface area contributed by atoms with Gasteiger partial charge < -0.3 is 14.5 Å². The van der Waals surface area contributed by atoms with E-state index in [4.69, 9.17) is 9.15 Å². The summed E-state index contributed by atoms with van der Waals surface area (Å²) in [4.78, 5) is 27.9. The van der Waals surface area contributed by atoms with E-state index in [2.05, 4.69) is 37.1 Å². The molecule has 3 aromatic rings. The molecule has 3 rings (SSSR count). The topological polar surface area (TPSA) is 115 Å². The Bertz CT molecular complexity index is 1240. The minimum Gasteiger partial charge on any atom is -0.471 e. The summed E-state index contributed by atoms with van der Waals surface area (Å²) in [5, 5.41) is 5.08. The summed E-state index contributed by atoms with van der Waals surface area (Å²) < 4.78 is 75.0. The minimum absolute atomic E-state index is 0.0273. The van der Waals surface area contributed by atoms with Crippen molar-refractivity contribution in [2.75, 3.05) is 11.9 Å². The number of carbonyl (C=O) groups excluding carboxylic acids is 1. The summed E-state index contributed by atoms with van der Waals surface area (Å²) in [6.45, 7) is 6.72. The molecule has 0 aromatic carbocycles. The fourth-order valence-corrected chi connectivity index (χ4v) is 2.67. The molecular weight excluding hydrogens is 491 g/mol. The van der Waals surface area contributed by atoms with E-state index in [-0.39, 0.29) is 23.1 Å². The molecule has 2 N–H and O–H groups in total. The first kappa shape index (κ1) is 26.5. The number of carbonyl (C=O) groups is 1. The van der Waals surface area contributed by atoms with Crippen molar-refractivity contribution >= 4 is 17.9 Å². The van der Waals surface area contributed by atoms with Gasteiger partial charge in [-0.1, -0.05) is 12.6 Å². The van der Waals surface area contributed by atoms with Gasteiger partial charge in [-0.05, 0) is 38.0 Å². The van der Waals surface area contributed by atoms with E-state index in [1.165, 1.54) is 25.3 Å². The number of amides is 1. The highest BCUT2D eigenvalue weighted by Gasteiger charge is 2.35. The fraction of sp³-hybridized carbons (Fsp3) is 0.318. The molecule has 0 aliphatic heterocycles. The predicted molar refractivity (Wildman–Crippen MR) is 117 cm³/mol. The van der Waals surface area contributed by atoms with Gasteiger partial charge in [0.25, 0.3) is 5.91 Å². The Morgan fingerprint density at radius 1 is 1.19 bits per heavy atom. The van der Waals surface area contributed by atoms with Gasteiger partial charge in [0.1, 0.15) is 12.0 Å². The number of halogens is 5. The highest BCUT2D eigenvalue weighted by molar-refractivity contribution is 5.93. The monoisotopic (exact) mass is 512 g/mol. The summed E-state index contributed by atoms with van der Waals surface area (Å²) >= 11 is 0. The Kier molecular flexibility index (Phi) is 7.55. The number of oxazole rings is 1. The first-order valence-electron chi connectivity index (χ1n) is 10.3. The molecule has 0 saturated heterocycles. The first-order valence-corrected chi connectivity index (χ1v) is 10.3. The van der Waals surface area contributed by atoms with Gasteiger partial charge in [-0.25, -0.2) is 15.0 Å². The molecule has 1 atom stereocenters. The third kappa shape index (κ3) is 6.73. The predicted octanol–water partition coefficient (Wildman–Crippen LogP) is 5.01. The summed E-state index contributed by atoms with van der Waals surface area (Å²) in [5.74, 6) is -4.03. The number of aromatic nitrogens is 4. The maximum Gasteiger partial charge on any atom is 0.436 e. The zero-order chi connectivity index (χ0) is 26.7. The number of nitrogens with zero attached hydrogens (tertiary/aromatic N) is 4. The van der Waals surface area contributed by atoms with Gasteiger partial charge in [0, 0.05) is 18.0 Å². The van der Waals surface area contributed by atoms with E-state index in [0.717, 1.165) is 0 Å². The standard InChI is InChI=1S/C22H21F5N6O3/c1-11(2)21(23,24)10-36-17-6-5-14(8-28-17)13(4)30-18(34)15-7-12(3)29-19(31-15)33-20-32-16(9-35-20)22(25,26)27/h5-9,13H,1,10H2,2-4H3,(H,30,34)(H,29,31,32,33). The number of alkyl halides is 5. The lowest BCUT2D eigenvalue weighted by Crippen LogP contribution is -2.28. The van der Waals surface area contributed by atoms with Crippen molar-refractivity contribution in [3.05, 3.63) is 65.5 Å². The normalized spacial score (nSPS) is 12.7.